The van der Waals surface area contributed by atoms with Crippen LogP contribution in [0.5, 0.6) is 0 Å². The van der Waals surface area contributed by atoms with E-state index in [9.17, 15) is 9.59 Å². The molecule has 0 unspecified atom stereocenters. The summed E-state index contributed by atoms with van der Waals surface area (Å²) in [6, 6.07) is 0. The van der Waals surface area contributed by atoms with Crippen molar-refractivity contribution >= 4 is 11.9 Å². The van der Waals surface area contributed by atoms with Crippen LogP contribution >= 0.6 is 0 Å². The van der Waals surface area contributed by atoms with Crippen LogP contribution in [-0.4, -0.2) is 37.0 Å². The van der Waals surface area contributed by atoms with Gasteiger partial charge in [-0.1, -0.05) is 12.2 Å². The topological polar surface area (TPSA) is 46.6 Å². The summed E-state index contributed by atoms with van der Waals surface area (Å²) in [7, 11) is 1.41. The molecule has 4 heteroatoms. The van der Waals surface area contributed by atoms with Gasteiger partial charge in [0.2, 0.25) is 5.91 Å². The van der Waals surface area contributed by atoms with Gasteiger partial charge in [0.1, 0.15) is 0 Å². The minimum absolute atomic E-state index is 0.166. The molecule has 1 heterocycles. The predicted octanol–water partition coefficient (Wildman–Crippen LogP) is 1.22. The summed E-state index contributed by atoms with van der Waals surface area (Å²) in [6.45, 7) is 1.70. The van der Waals surface area contributed by atoms with Crippen LogP contribution < -0.4 is 0 Å². The van der Waals surface area contributed by atoms with Gasteiger partial charge >= 0.3 is 5.97 Å². The molecule has 18 heavy (non-hydrogen) atoms. The van der Waals surface area contributed by atoms with Crippen molar-refractivity contribution in [2.24, 2.45) is 23.7 Å². The Hall–Kier alpha value is -1.32. The van der Waals surface area contributed by atoms with E-state index >= 15 is 0 Å². The molecule has 0 aromatic heterocycles. The summed E-state index contributed by atoms with van der Waals surface area (Å²) < 4.78 is 4.89. The van der Waals surface area contributed by atoms with Gasteiger partial charge in [-0.3, -0.25) is 9.59 Å². The second-order valence-electron chi connectivity index (χ2n) is 5.56. The number of ether oxygens (including phenoxy) is 1. The molecule has 1 saturated heterocycles. The predicted molar refractivity (Wildman–Crippen MR) is 65.5 cm³/mol. The van der Waals surface area contributed by atoms with Gasteiger partial charge < -0.3 is 9.64 Å². The number of esters is 1. The van der Waals surface area contributed by atoms with E-state index in [1.807, 2.05) is 4.90 Å². The highest BCUT2D eigenvalue weighted by molar-refractivity contribution is 5.87. The minimum atomic E-state index is -0.252. The molecule has 2 bridgehead atoms. The summed E-state index contributed by atoms with van der Waals surface area (Å²) in [6.07, 6.45) is 7.31. The first kappa shape index (κ1) is 11.8. The summed E-state index contributed by atoms with van der Waals surface area (Å²) in [4.78, 5) is 26.4. The molecule has 1 aliphatic heterocycles. The summed E-state index contributed by atoms with van der Waals surface area (Å²) in [5.41, 5.74) is 0. The Bertz CT molecular complexity index is 398. The van der Waals surface area contributed by atoms with E-state index in [1.54, 1.807) is 0 Å². The van der Waals surface area contributed by atoms with Crippen molar-refractivity contribution < 1.29 is 14.3 Å². The van der Waals surface area contributed by atoms with E-state index in [2.05, 4.69) is 12.2 Å². The highest BCUT2D eigenvalue weighted by atomic mass is 16.5. The fourth-order valence-corrected chi connectivity index (χ4v) is 3.76. The monoisotopic (exact) mass is 249 g/mol. The SMILES string of the molecule is COC(=O)[C@H]1[C@@H](C(=O)N2CCCC2)[C@H]2C=C[C@@H]1C2. The smallest absolute Gasteiger partial charge is 0.310 e. The average Bonchev–Trinajstić information content (AvgIpc) is 3.10. The van der Waals surface area contributed by atoms with Crippen molar-refractivity contribution in [1.29, 1.82) is 0 Å². The number of hydrogen-bond donors (Lipinski definition) is 0. The highest BCUT2D eigenvalue weighted by Crippen LogP contribution is 2.49. The van der Waals surface area contributed by atoms with Crippen molar-refractivity contribution in [3.63, 3.8) is 0 Å². The Morgan fingerprint density at radius 2 is 1.72 bits per heavy atom. The fraction of sp³-hybridized carbons (Fsp3) is 0.714. The lowest BCUT2D eigenvalue weighted by atomic mass is 9.82. The molecule has 98 valence electrons. The molecule has 2 aliphatic carbocycles. The second-order valence-corrected chi connectivity index (χ2v) is 5.56. The Balaban J connectivity index is 1.82. The van der Waals surface area contributed by atoms with Crippen molar-refractivity contribution in [3.05, 3.63) is 12.2 Å². The first-order valence-corrected chi connectivity index (χ1v) is 6.77. The molecule has 3 rings (SSSR count). The lowest BCUT2D eigenvalue weighted by molar-refractivity contribution is -0.153. The maximum Gasteiger partial charge on any atom is 0.310 e. The van der Waals surface area contributed by atoms with Gasteiger partial charge in [-0.25, -0.2) is 0 Å². The van der Waals surface area contributed by atoms with Gasteiger partial charge in [-0.05, 0) is 31.1 Å². The van der Waals surface area contributed by atoms with Gasteiger partial charge in [-0.2, -0.15) is 0 Å². The lowest BCUT2D eigenvalue weighted by Gasteiger charge is -2.28. The fourth-order valence-electron chi connectivity index (χ4n) is 3.76. The molecule has 0 N–H and O–H groups in total. The molecule has 0 radical (unpaired) electrons. The number of fused-ring (bicyclic) bond motifs is 2. The Labute approximate surface area is 107 Å². The number of nitrogens with zero attached hydrogens (tertiary/aromatic N) is 1. The third kappa shape index (κ3) is 1.66. The van der Waals surface area contributed by atoms with Crippen molar-refractivity contribution in [2.75, 3.05) is 20.2 Å². The average molecular weight is 249 g/mol. The summed E-state index contributed by atoms with van der Waals surface area (Å²) in [5.74, 6) is -0.0287. The standard InChI is InChI=1S/C14H19NO3/c1-18-14(17)12-10-5-4-9(8-10)11(12)13(16)15-6-2-3-7-15/h4-5,9-12H,2-3,6-8H2,1H3/t9-,10+,11-,12+/m0/s1. The van der Waals surface area contributed by atoms with Crippen LogP contribution in [0.15, 0.2) is 12.2 Å². The van der Waals surface area contributed by atoms with Gasteiger partial charge in [0.15, 0.2) is 0 Å². The minimum Gasteiger partial charge on any atom is -0.469 e. The van der Waals surface area contributed by atoms with E-state index < -0.39 is 0 Å². The largest absolute Gasteiger partial charge is 0.469 e. The lowest BCUT2D eigenvalue weighted by Crippen LogP contribution is -2.42. The van der Waals surface area contributed by atoms with E-state index in [-0.39, 0.29) is 35.5 Å². The Morgan fingerprint density at radius 3 is 2.33 bits per heavy atom. The molecule has 2 fully saturated rings. The molecule has 0 aromatic carbocycles. The van der Waals surface area contributed by atoms with Crippen molar-refractivity contribution in [1.82, 2.24) is 4.90 Å². The third-order valence-corrected chi connectivity index (χ3v) is 4.64. The maximum atomic E-state index is 12.6. The zero-order valence-corrected chi connectivity index (χ0v) is 10.7. The van der Waals surface area contributed by atoms with Crippen LogP contribution in [0.4, 0.5) is 0 Å². The van der Waals surface area contributed by atoms with Crippen molar-refractivity contribution in [3.8, 4) is 0 Å². The van der Waals surface area contributed by atoms with E-state index in [0.717, 1.165) is 32.4 Å². The second kappa shape index (κ2) is 4.41. The Kier molecular flexibility index (Phi) is 2.88. The normalized spacial score (nSPS) is 37.3. The molecule has 0 spiro atoms. The Morgan fingerprint density at radius 1 is 1.11 bits per heavy atom. The molecule has 1 saturated carbocycles. The molecule has 1 amide bonds. The van der Waals surface area contributed by atoms with Crippen LogP contribution in [-0.2, 0) is 14.3 Å². The number of hydrogen-bond acceptors (Lipinski definition) is 3. The van der Waals surface area contributed by atoms with Crippen LogP contribution in [0.3, 0.4) is 0 Å². The number of carbonyl (C=O) groups excluding carboxylic acids is 2. The van der Waals surface area contributed by atoms with Crippen LogP contribution in [0.1, 0.15) is 19.3 Å². The van der Waals surface area contributed by atoms with Gasteiger partial charge in [0.05, 0.1) is 18.9 Å². The molecular formula is C14H19NO3. The zero-order chi connectivity index (χ0) is 12.7. The maximum absolute atomic E-state index is 12.6. The van der Waals surface area contributed by atoms with Gasteiger partial charge in [0, 0.05) is 13.1 Å². The first-order valence-electron chi connectivity index (χ1n) is 6.77. The van der Waals surface area contributed by atoms with E-state index in [0.29, 0.717) is 0 Å². The molecule has 3 aliphatic rings. The third-order valence-electron chi connectivity index (χ3n) is 4.64. The number of rotatable bonds is 2. The molecule has 4 atom stereocenters. The van der Waals surface area contributed by atoms with Gasteiger partial charge in [-0.15, -0.1) is 0 Å². The van der Waals surface area contributed by atoms with E-state index in [4.69, 9.17) is 4.74 Å². The molecular weight excluding hydrogens is 230 g/mol. The van der Waals surface area contributed by atoms with Gasteiger partial charge in [0.25, 0.3) is 0 Å². The van der Waals surface area contributed by atoms with Crippen molar-refractivity contribution in [2.45, 2.75) is 19.3 Å². The first-order chi connectivity index (χ1) is 8.72. The zero-order valence-electron chi connectivity index (χ0n) is 10.7. The number of carbonyl (C=O) groups is 2. The number of allylic oxidation sites excluding steroid dienone is 2. The van der Waals surface area contributed by atoms with Crippen LogP contribution in [0, 0.1) is 23.7 Å². The quantitative estimate of drug-likeness (QED) is 0.546. The number of amides is 1. The van der Waals surface area contributed by atoms with E-state index in [1.165, 1.54) is 7.11 Å². The van der Waals surface area contributed by atoms with Crippen LogP contribution in [0.25, 0.3) is 0 Å². The van der Waals surface area contributed by atoms with Crippen LogP contribution in [0.2, 0.25) is 0 Å². The molecule has 0 aromatic rings. The number of methoxy groups -OCH3 is 1. The highest BCUT2D eigenvalue weighted by Gasteiger charge is 2.53. The number of likely N-dealkylation sites (tertiary alicyclic amines) is 1. The molecule has 4 nitrogen and oxygen atoms in total. The summed E-state index contributed by atoms with van der Waals surface area (Å²) >= 11 is 0. The summed E-state index contributed by atoms with van der Waals surface area (Å²) in [5, 5.41) is 0.